The van der Waals surface area contributed by atoms with Crippen LogP contribution < -0.4 is 21.2 Å². The van der Waals surface area contributed by atoms with Crippen LogP contribution in [0.15, 0.2) is 59.5 Å². The predicted molar refractivity (Wildman–Crippen MR) is 133 cm³/mol. The van der Waals surface area contributed by atoms with E-state index in [-0.39, 0.29) is 17.5 Å². The number of aromatic nitrogens is 3. The maximum atomic E-state index is 13.5. The Bertz CT molecular complexity index is 1420. The van der Waals surface area contributed by atoms with Crippen molar-refractivity contribution in [2.45, 2.75) is 58.0 Å². The lowest BCUT2D eigenvalue weighted by Crippen LogP contribution is -2.44. The zero-order chi connectivity index (χ0) is 23.7. The summed E-state index contributed by atoms with van der Waals surface area (Å²) >= 11 is 0. The number of amides is 1. The molecule has 1 aliphatic rings. The van der Waals surface area contributed by atoms with Gasteiger partial charge in [0.25, 0.3) is 17.1 Å². The van der Waals surface area contributed by atoms with Gasteiger partial charge in [0.1, 0.15) is 10.9 Å². The van der Waals surface area contributed by atoms with Crippen molar-refractivity contribution in [3.63, 3.8) is 0 Å². The first-order valence-corrected chi connectivity index (χ1v) is 12.0. The highest BCUT2D eigenvalue weighted by Crippen LogP contribution is 2.20. The average molecular weight is 457 g/mol. The summed E-state index contributed by atoms with van der Waals surface area (Å²) in [5, 5.41) is 3.53. The highest BCUT2D eigenvalue weighted by Gasteiger charge is 2.26. The summed E-state index contributed by atoms with van der Waals surface area (Å²) in [5.41, 5.74) is 9.87. The van der Waals surface area contributed by atoms with Crippen molar-refractivity contribution < 1.29 is 9.36 Å². The van der Waals surface area contributed by atoms with Gasteiger partial charge < -0.3 is 11.1 Å². The van der Waals surface area contributed by atoms with E-state index in [1.54, 1.807) is 12.3 Å². The van der Waals surface area contributed by atoms with Crippen LogP contribution in [0.2, 0.25) is 0 Å². The summed E-state index contributed by atoms with van der Waals surface area (Å²) in [6, 6.07) is 15.6. The number of fused-ring (bicyclic) bond motifs is 2. The van der Waals surface area contributed by atoms with Gasteiger partial charge in [-0.1, -0.05) is 60.6 Å². The van der Waals surface area contributed by atoms with Crippen molar-refractivity contribution in [1.82, 2.24) is 14.7 Å². The fraction of sp³-hybridized carbons (Fsp3) is 0.333. The van der Waals surface area contributed by atoms with E-state index >= 15 is 0 Å². The number of hydrogen-bond acceptors (Lipinski definition) is 4. The van der Waals surface area contributed by atoms with E-state index in [4.69, 9.17) is 10.7 Å². The van der Waals surface area contributed by atoms with Crippen molar-refractivity contribution >= 4 is 28.4 Å². The monoisotopic (exact) mass is 456 g/mol. The second-order valence-electron chi connectivity index (χ2n) is 9.18. The minimum atomic E-state index is -0.228. The number of carbonyl (C=O) groups excluding carboxylic acids is 1. The van der Waals surface area contributed by atoms with Crippen LogP contribution in [0.5, 0.6) is 0 Å². The van der Waals surface area contributed by atoms with E-state index < -0.39 is 0 Å². The van der Waals surface area contributed by atoms with E-state index in [0.29, 0.717) is 41.0 Å². The number of nitrogens with two attached hydrogens (primary N) is 1. The van der Waals surface area contributed by atoms with E-state index in [9.17, 15) is 9.59 Å². The molecule has 0 spiro atoms. The largest absolute Gasteiger partial charge is 0.349 e. The van der Waals surface area contributed by atoms with Crippen LogP contribution in [0.3, 0.4) is 0 Å². The molecule has 3 heterocycles. The number of benzene rings is 1. The molecule has 1 amide bonds. The first-order valence-electron chi connectivity index (χ1n) is 12.0. The standard InChI is InChI=1S/C27H29N5O2/c1-18-9-8-15-32-24(18)30-25-22(27(32)34)17-21(26(33)29-20-12-6-3-7-13-20)23(28)31(25)16-14-19-10-4-2-5-11-19/h2,4-5,8-11,15,17,20,28H,3,6-7,12-14,16H2,1H3,(H,29,33)/p+1. The third-order valence-electron chi connectivity index (χ3n) is 6.83. The van der Waals surface area contributed by atoms with Crippen LogP contribution in [0.25, 0.3) is 16.7 Å². The van der Waals surface area contributed by atoms with Gasteiger partial charge in [-0.05, 0) is 37.5 Å². The lowest BCUT2D eigenvalue weighted by atomic mass is 9.95. The summed E-state index contributed by atoms with van der Waals surface area (Å²) in [6.07, 6.45) is 7.80. The van der Waals surface area contributed by atoms with Crippen LogP contribution in [0.1, 0.15) is 53.6 Å². The summed E-state index contributed by atoms with van der Waals surface area (Å²) < 4.78 is 3.37. The molecule has 1 fully saturated rings. The van der Waals surface area contributed by atoms with Gasteiger partial charge in [0.15, 0.2) is 0 Å². The minimum Gasteiger partial charge on any atom is -0.349 e. The molecule has 1 aromatic carbocycles. The summed E-state index contributed by atoms with van der Waals surface area (Å²) in [4.78, 5) is 31.6. The van der Waals surface area contributed by atoms with Gasteiger partial charge in [0.05, 0.1) is 6.54 Å². The summed E-state index contributed by atoms with van der Waals surface area (Å²) in [5.74, 6) is 0.107. The van der Waals surface area contributed by atoms with Gasteiger partial charge in [-0.25, -0.2) is 4.57 Å². The first-order chi connectivity index (χ1) is 16.5. The van der Waals surface area contributed by atoms with Crippen LogP contribution in [0, 0.1) is 6.92 Å². The van der Waals surface area contributed by atoms with Crippen LogP contribution >= 0.6 is 0 Å². The molecule has 4 aromatic rings. The fourth-order valence-corrected chi connectivity index (χ4v) is 4.91. The highest BCUT2D eigenvalue weighted by molar-refractivity contribution is 6.00. The molecule has 1 aliphatic carbocycles. The number of nitrogen functional groups attached to an aromatic ring is 1. The zero-order valence-corrected chi connectivity index (χ0v) is 19.5. The smallest absolute Gasteiger partial charge is 0.278 e. The molecule has 174 valence electrons. The Kier molecular flexibility index (Phi) is 6.01. The molecule has 34 heavy (non-hydrogen) atoms. The molecule has 0 unspecified atom stereocenters. The van der Waals surface area contributed by atoms with Crippen molar-refractivity contribution in [1.29, 1.82) is 0 Å². The number of hydrogen-bond donors (Lipinski definition) is 2. The lowest BCUT2D eigenvalue weighted by Gasteiger charge is -2.23. The van der Waals surface area contributed by atoms with Crippen molar-refractivity contribution in [2.24, 2.45) is 0 Å². The quantitative estimate of drug-likeness (QED) is 0.356. The predicted octanol–water partition coefficient (Wildman–Crippen LogP) is 3.33. The number of aryl methyl sites for hydroxylation is 3. The molecule has 7 nitrogen and oxygen atoms in total. The van der Waals surface area contributed by atoms with Crippen LogP contribution in [-0.2, 0) is 13.0 Å². The van der Waals surface area contributed by atoms with Gasteiger partial charge >= 0.3 is 0 Å². The Morgan fingerprint density at radius 3 is 2.68 bits per heavy atom. The molecule has 1 saturated carbocycles. The Balaban J connectivity index is 1.65. The normalized spacial score (nSPS) is 14.5. The summed E-state index contributed by atoms with van der Waals surface area (Å²) in [7, 11) is 0. The second-order valence-corrected chi connectivity index (χ2v) is 9.18. The van der Waals surface area contributed by atoms with E-state index in [1.165, 1.54) is 10.8 Å². The third kappa shape index (κ3) is 4.14. The molecule has 0 saturated heterocycles. The van der Waals surface area contributed by atoms with Gasteiger partial charge in [-0.15, -0.1) is 0 Å². The van der Waals surface area contributed by atoms with Crippen LogP contribution in [0.4, 0.5) is 5.82 Å². The number of anilines is 1. The third-order valence-corrected chi connectivity index (χ3v) is 6.83. The molecule has 0 aliphatic heterocycles. The molecule has 7 heteroatoms. The van der Waals surface area contributed by atoms with Crippen molar-refractivity contribution in [3.8, 4) is 0 Å². The van der Waals surface area contributed by atoms with Gasteiger partial charge in [-0.2, -0.15) is 0 Å². The molecule has 0 radical (unpaired) electrons. The van der Waals surface area contributed by atoms with E-state index in [0.717, 1.165) is 36.8 Å². The number of nitrogens with zero attached hydrogens (tertiary/aromatic N) is 3. The Labute approximate surface area is 198 Å². The number of pyridine rings is 2. The topological polar surface area (TPSA) is 93.4 Å². The minimum absolute atomic E-state index is 0.146. The van der Waals surface area contributed by atoms with Crippen molar-refractivity contribution in [2.75, 3.05) is 5.73 Å². The zero-order valence-electron chi connectivity index (χ0n) is 19.5. The summed E-state index contributed by atoms with van der Waals surface area (Å²) in [6.45, 7) is 2.43. The number of nitrogens with one attached hydrogen (secondary N) is 1. The first kappa shape index (κ1) is 22.1. The van der Waals surface area contributed by atoms with Crippen molar-refractivity contribution in [3.05, 3.63) is 81.8 Å². The van der Waals surface area contributed by atoms with Gasteiger partial charge in [0, 0.05) is 24.2 Å². The van der Waals surface area contributed by atoms with Gasteiger partial charge in [-0.3, -0.25) is 14.0 Å². The molecular formula is C27H30N5O2+. The highest BCUT2D eigenvalue weighted by atomic mass is 16.2. The lowest BCUT2D eigenvalue weighted by molar-refractivity contribution is -0.658. The number of rotatable bonds is 5. The molecular weight excluding hydrogens is 426 g/mol. The Morgan fingerprint density at radius 1 is 1.15 bits per heavy atom. The SMILES string of the molecule is Cc1cccn2c(=O)c3cc(C(=O)NC4CCCCC4)c(N)[n+](CCc4ccccc4)c3nc12. The number of carbonyl (C=O) groups is 1. The maximum Gasteiger partial charge on any atom is 0.278 e. The molecule has 3 aromatic heterocycles. The van der Waals surface area contributed by atoms with E-state index in [1.807, 2.05) is 41.8 Å². The van der Waals surface area contributed by atoms with Crippen LogP contribution in [-0.4, -0.2) is 21.3 Å². The Morgan fingerprint density at radius 2 is 1.91 bits per heavy atom. The Hall–Kier alpha value is -3.74. The fourth-order valence-electron chi connectivity index (χ4n) is 4.91. The molecule has 0 atom stereocenters. The molecule has 0 bridgehead atoms. The molecule has 3 N–H and O–H groups in total. The average Bonchev–Trinajstić information content (AvgIpc) is 2.85. The van der Waals surface area contributed by atoms with Gasteiger partial charge in [0.2, 0.25) is 11.5 Å². The van der Waals surface area contributed by atoms with E-state index in [2.05, 4.69) is 17.4 Å². The molecule has 5 rings (SSSR count). The maximum absolute atomic E-state index is 13.5. The second kappa shape index (κ2) is 9.25.